The Bertz CT molecular complexity index is 817. The van der Waals surface area contributed by atoms with E-state index in [1.54, 1.807) is 0 Å². The molecule has 11 atom stereocenters. The van der Waals surface area contributed by atoms with Crippen LogP contribution in [0.2, 0.25) is 0 Å². The van der Waals surface area contributed by atoms with E-state index in [2.05, 4.69) is 41.5 Å². The van der Waals surface area contributed by atoms with Crippen LogP contribution in [0.15, 0.2) is 0 Å². The topological polar surface area (TPSA) is 73.2 Å². The molecule has 1 heterocycles. The molecular weight excluding hydrogens is 424 g/mol. The van der Waals surface area contributed by atoms with Gasteiger partial charge in [0, 0.05) is 5.41 Å². The van der Waals surface area contributed by atoms with Crippen molar-refractivity contribution in [1.29, 1.82) is 0 Å². The molecule has 3 unspecified atom stereocenters. The lowest BCUT2D eigenvalue weighted by Gasteiger charge is -2.69. The molecule has 3 N–H and O–H groups in total. The molecule has 0 radical (unpaired) electrons. The summed E-state index contributed by atoms with van der Waals surface area (Å²) in [6.45, 7) is 18.2. The van der Waals surface area contributed by atoms with Crippen LogP contribution in [-0.4, -0.2) is 38.9 Å². The Morgan fingerprint density at radius 2 is 1.65 bits per heavy atom. The first-order valence-electron chi connectivity index (χ1n) is 14.3. The van der Waals surface area contributed by atoms with E-state index >= 15 is 0 Å². The quantitative estimate of drug-likeness (QED) is 0.431. The lowest BCUT2D eigenvalue weighted by molar-refractivity contribution is -0.244. The summed E-state index contributed by atoms with van der Waals surface area (Å²) in [7, 11) is 0. The van der Waals surface area contributed by atoms with Crippen molar-refractivity contribution in [3.8, 4) is 0 Å². The number of aliphatic hydroxyl groups is 3. The predicted molar refractivity (Wildman–Crippen MR) is 135 cm³/mol. The van der Waals surface area contributed by atoms with Gasteiger partial charge < -0.3 is 20.1 Å². The molecule has 0 amide bonds. The molecule has 5 rings (SSSR count). The fraction of sp³-hybridized carbons (Fsp3) is 1.00. The first-order chi connectivity index (χ1) is 15.5. The molecule has 4 aliphatic carbocycles. The van der Waals surface area contributed by atoms with E-state index in [-0.39, 0.29) is 33.9 Å². The highest BCUT2D eigenvalue weighted by Gasteiger charge is 2.78. The van der Waals surface area contributed by atoms with Crippen LogP contribution in [0, 0.1) is 51.2 Å². The number of ether oxygens (including phenoxy) is 1. The Kier molecular flexibility index (Phi) is 5.59. The molecule has 34 heavy (non-hydrogen) atoms. The third-order valence-electron chi connectivity index (χ3n) is 13.0. The minimum absolute atomic E-state index is 0.0408. The highest BCUT2D eigenvalue weighted by Crippen LogP contribution is 2.78. The van der Waals surface area contributed by atoms with Crippen LogP contribution in [0.1, 0.15) is 113 Å². The van der Waals surface area contributed by atoms with E-state index in [1.807, 2.05) is 13.8 Å². The van der Waals surface area contributed by atoms with Gasteiger partial charge in [0.2, 0.25) is 0 Å². The molecule has 0 bridgehead atoms. The van der Waals surface area contributed by atoms with Crippen LogP contribution in [0.3, 0.4) is 0 Å². The normalized spacial score (nSPS) is 54.4. The summed E-state index contributed by atoms with van der Waals surface area (Å²) in [6, 6.07) is 0. The Hall–Kier alpha value is -0.160. The average molecular weight is 477 g/mol. The largest absolute Gasteiger partial charge is 0.393 e. The summed E-state index contributed by atoms with van der Waals surface area (Å²) in [5.41, 5.74) is -0.379. The minimum Gasteiger partial charge on any atom is -0.393 e. The smallest absolute Gasteiger partial charge is 0.198 e. The fourth-order valence-corrected chi connectivity index (χ4v) is 10.9. The molecule has 4 heteroatoms. The Labute approximate surface area is 208 Å². The van der Waals surface area contributed by atoms with Crippen LogP contribution in [0.4, 0.5) is 0 Å². The van der Waals surface area contributed by atoms with Crippen LogP contribution in [0.25, 0.3) is 0 Å². The van der Waals surface area contributed by atoms with Crippen LogP contribution in [-0.2, 0) is 4.74 Å². The highest BCUT2D eigenvalue weighted by atomic mass is 16.7. The van der Waals surface area contributed by atoms with Gasteiger partial charge in [0.25, 0.3) is 0 Å². The third kappa shape index (κ3) is 3.23. The Balaban J connectivity index is 1.41. The summed E-state index contributed by atoms with van der Waals surface area (Å²) in [5.74, 6) is 1.47. The van der Waals surface area contributed by atoms with Crippen molar-refractivity contribution >= 4 is 0 Å². The van der Waals surface area contributed by atoms with E-state index in [0.717, 1.165) is 38.5 Å². The zero-order valence-corrected chi connectivity index (χ0v) is 23.2. The Morgan fingerprint density at radius 1 is 1.00 bits per heavy atom. The number of epoxide rings is 1. The summed E-state index contributed by atoms with van der Waals surface area (Å²) in [4.78, 5) is 0. The van der Waals surface area contributed by atoms with Crippen molar-refractivity contribution in [2.75, 3.05) is 0 Å². The lowest BCUT2D eigenvalue weighted by atomic mass is 9.35. The van der Waals surface area contributed by atoms with Gasteiger partial charge in [0.15, 0.2) is 5.79 Å². The number of rotatable bonds is 5. The number of fused-ring (bicyclic) bond motifs is 6. The molecule has 1 saturated heterocycles. The number of hydrogen-bond acceptors (Lipinski definition) is 4. The standard InChI is InChI=1S/C30H52O4/c1-18(10-9-13-25(2,3)32)19-11-14-29(8)24(19)20(31)16-22-27(6)17-23-30(33,34-23)26(4,5)21(27)12-15-28(22,29)7/h18-24,31-33H,9-17H2,1-8H3/t18-,19+,20-,21?,22+,23?,24+,27-,28+,29-,30?/m0/s1. The predicted octanol–water partition coefficient (Wildman–Crippen LogP) is 5.92. The molecule has 4 nitrogen and oxygen atoms in total. The van der Waals surface area contributed by atoms with Crippen molar-refractivity contribution in [1.82, 2.24) is 0 Å². The van der Waals surface area contributed by atoms with Crippen molar-refractivity contribution in [3.63, 3.8) is 0 Å². The van der Waals surface area contributed by atoms with Crippen molar-refractivity contribution in [2.45, 2.75) is 137 Å². The van der Waals surface area contributed by atoms with E-state index < -0.39 is 11.4 Å². The summed E-state index contributed by atoms with van der Waals surface area (Å²) < 4.78 is 5.97. The molecule has 0 aromatic heterocycles. The average Bonchev–Trinajstić information content (AvgIpc) is 3.21. The highest BCUT2D eigenvalue weighted by molar-refractivity contribution is 5.23. The van der Waals surface area contributed by atoms with Crippen LogP contribution in [0.5, 0.6) is 0 Å². The zero-order chi connectivity index (χ0) is 25.1. The second-order valence-electron chi connectivity index (χ2n) is 15.4. The maximum absolute atomic E-state index is 11.8. The molecule has 5 aliphatic rings. The van der Waals surface area contributed by atoms with E-state index in [1.165, 1.54) is 19.3 Å². The van der Waals surface area contributed by atoms with E-state index in [0.29, 0.717) is 29.6 Å². The maximum atomic E-state index is 11.8. The first kappa shape index (κ1) is 25.5. The second-order valence-corrected chi connectivity index (χ2v) is 15.4. The van der Waals surface area contributed by atoms with E-state index in [4.69, 9.17) is 4.74 Å². The van der Waals surface area contributed by atoms with Gasteiger partial charge in [-0.05, 0) is 105 Å². The number of aliphatic hydroxyl groups excluding tert-OH is 1. The van der Waals surface area contributed by atoms with Gasteiger partial charge >= 0.3 is 0 Å². The molecular formula is C30H52O4. The van der Waals surface area contributed by atoms with Gasteiger partial charge in [0.05, 0.1) is 11.7 Å². The molecule has 196 valence electrons. The first-order valence-corrected chi connectivity index (χ1v) is 14.3. The van der Waals surface area contributed by atoms with Crippen molar-refractivity contribution in [2.24, 2.45) is 51.2 Å². The van der Waals surface area contributed by atoms with Crippen molar-refractivity contribution < 1.29 is 20.1 Å². The molecule has 0 spiro atoms. The monoisotopic (exact) mass is 476 g/mol. The minimum atomic E-state index is -0.943. The number of hydrogen-bond donors (Lipinski definition) is 3. The third-order valence-corrected chi connectivity index (χ3v) is 13.0. The van der Waals surface area contributed by atoms with Gasteiger partial charge in [0.1, 0.15) is 6.10 Å². The lowest BCUT2D eigenvalue weighted by Crippen LogP contribution is -2.66. The van der Waals surface area contributed by atoms with E-state index in [9.17, 15) is 15.3 Å². The second kappa shape index (κ2) is 7.45. The SMILES string of the molecule is C[C@@H](CCCC(C)(C)O)[C@H]1CC[C@@]2(C)[C@H]1[C@@H](O)C[C@@H]1[C@@]3(C)CC4OC4(O)C(C)(C)C3CC[C@]12C. The van der Waals surface area contributed by atoms with Crippen LogP contribution >= 0.6 is 0 Å². The summed E-state index contributed by atoms with van der Waals surface area (Å²) in [5, 5.41) is 33.1. The Morgan fingerprint density at radius 3 is 2.29 bits per heavy atom. The van der Waals surface area contributed by atoms with Gasteiger partial charge in [-0.25, -0.2) is 0 Å². The molecule has 0 aromatic carbocycles. The zero-order valence-electron chi connectivity index (χ0n) is 23.2. The van der Waals surface area contributed by atoms with Crippen molar-refractivity contribution in [3.05, 3.63) is 0 Å². The summed E-state index contributed by atoms with van der Waals surface area (Å²) >= 11 is 0. The molecule has 0 aromatic rings. The molecule has 1 aliphatic heterocycles. The van der Waals surface area contributed by atoms with Gasteiger partial charge in [-0.1, -0.05) is 54.4 Å². The van der Waals surface area contributed by atoms with Gasteiger partial charge in [-0.2, -0.15) is 0 Å². The summed E-state index contributed by atoms with van der Waals surface area (Å²) in [6.07, 6.45) is 9.38. The molecule has 4 saturated carbocycles. The van der Waals surface area contributed by atoms with Gasteiger partial charge in [-0.15, -0.1) is 0 Å². The molecule has 5 fully saturated rings. The fourth-order valence-electron chi connectivity index (χ4n) is 10.9. The van der Waals surface area contributed by atoms with Gasteiger partial charge in [-0.3, -0.25) is 0 Å². The maximum Gasteiger partial charge on any atom is 0.198 e. The van der Waals surface area contributed by atoms with Crippen LogP contribution < -0.4 is 0 Å².